The third-order valence-electron chi connectivity index (χ3n) is 7.84. The number of para-hydroxylation sites is 1. The molecule has 0 spiro atoms. The summed E-state index contributed by atoms with van der Waals surface area (Å²) in [5.41, 5.74) is 1.45. The number of aliphatic carboxylic acids is 1. The number of nitrogens with zero attached hydrogens (tertiary/aromatic N) is 4. The van der Waals surface area contributed by atoms with Crippen LogP contribution in [0.4, 0.5) is 14.5 Å². The molecule has 220 valence electrons. The molecule has 0 bridgehead atoms. The molecule has 2 aliphatic rings. The van der Waals surface area contributed by atoms with Crippen molar-refractivity contribution in [1.29, 1.82) is 0 Å². The average molecular weight is 595 g/mol. The number of halogens is 2. The van der Waals surface area contributed by atoms with Crippen LogP contribution >= 0.6 is 11.3 Å². The molecular formula is C31H32F2N4O4S. The average Bonchev–Trinajstić information content (AvgIpc) is 3.33. The van der Waals surface area contributed by atoms with E-state index in [2.05, 4.69) is 4.98 Å². The van der Waals surface area contributed by atoms with Crippen LogP contribution in [0, 0.1) is 6.92 Å². The van der Waals surface area contributed by atoms with Crippen molar-refractivity contribution in [2.45, 2.75) is 38.2 Å². The number of likely N-dealkylation sites (tertiary alicyclic amines) is 1. The molecule has 0 atom stereocenters. The highest BCUT2D eigenvalue weighted by atomic mass is 32.1. The number of hydrogen-bond donors (Lipinski definition) is 1. The highest BCUT2D eigenvalue weighted by molar-refractivity contribution is 7.17. The minimum Gasteiger partial charge on any atom is -0.480 e. The van der Waals surface area contributed by atoms with E-state index in [0.29, 0.717) is 47.2 Å². The van der Waals surface area contributed by atoms with Crippen LogP contribution in [-0.2, 0) is 9.59 Å². The van der Waals surface area contributed by atoms with E-state index in [-0.39, 0.29) is 24.7 Å². The van der Waals surface area contributed by atoms with Crippen LogP contribution in [0.15, 0.2) is 60.7 Å². The summed E-state index contributed by atoms with van der Waals surface area (Å²) < 4.78 is 31.4. The first-order valence-corrected chi connectivity index (χ1v) is 14.6. The number of allylic oxidation sites excluding steroid dienone is 1. The van der Waals surface area contributed by atoms with Crippen molar-refractivity contribution in [3.8, 4) is 10.6 Å². The van der Waals surface area contributed by atoms with Gasteiger partial charge in [0.15, 0.2) is 0 Å². The molecule has 0 saturated carbocycles. The molecule has 8 nitrogen and oxygen atoms in total. The van der Waals surface area contributed by atoms with E-state index in [1.807, 2.05) is 30.3 Å². The van der Waals surface area contributed by atoms with Crippen LogP contribution in [0.1, 0.15) is 40.2 Å². The maximum absolute atomic E-state index is 15.7. The van der Waals surface area contributed by atoms with Gasteiger partial charge in [-0.1, -0.05) is 48.5 Å². The number of amides is 2. The van der Waals surface area contributed by atoms with Crippen molar-refractivity contribution in [3.05, 3.63) is 76.8 Å². The van der Waals surface area contributed by atoms with Gasteiger partial charge >= 0.3 is 5.97 Å². The number of benzene rings is 2. The molecule has 0 aliphatic carbocycles. The first kappa shape index (κ1) is 29.5. The normalized spacial score (nSPS) is 18.2. The molecule has 1 aromatic heterocycles. The van der Waals surface area contributed by atoms with E-state index in [4.69, 9.17) is 5.11 Å². The van der Waals surface area contributed by atoms with Gasteiger partial charge in [-0.05, 0) is 32.9 Å². The van der Waals surface area contributed by atoms with Crippen molar-refractivity contribution in [3.63, 3.8) is 0 Å². The number of likely N-dealkylation sites (N-methyl/N-ethyl adjacent to an activating group) is 1. The first-order valence-electron chi connectivity index (χ1n) is 13.8. The monoisotopic (exact) mass is 594 g/mol. The summed E-state index contributed by atoms with van der Waals surface area (Å²) in [5.74, 6) is -5.21. The van der Waals surface area contributed by atoms with Crippen molar-refractivity contribution in [1.82, 2.24) is 14.8 Å². The minimum atomic E-state index is -3.35. The number of fused-ring (bicyclic) bond motifs is 1. The number of carbonyl (C=O) groups is 3. The van der Waals surface area contributed by atoms with Gasteiger partial charge in [0.1, 0.15) is 9.88 Å². The standard InChI is InChI=1S/C31H32F2N4O4S/c1-20-28(42-29(34-20)21-8-4-3-5-9-21)30(41)37-17-14-31(32,33)24(23-10-6-7-11-25(23)37)18-26(38)36-15-12-22(13-16-36)35(2)19-27(39)40/h3-11,18,22H,12-17,19H2,1-2H3,(H,39,40). The zero-order valence-electron chi connectivity index (χ0n) is 23.4. The van der Waals surface area contributed by atoms with Gasteiger partial charge in [0, 0.05) is 54.9 Å². The second-order valence-electron chi connectivity index (χ2n) is 10.7. The summed E-state index contributed by atoms with van der Waals surface area (Å²) in [6, 6.07) is 15.9. The Labute approximate surface area is 246 Å². The van der Waals surface area contributed by atoms with E-state index in [1.165, 1.54) is 27.2 Å². The van der Waals surface area contributed by atoms with E-state index in [9.17, 15) is 14.4 Å². The molecule has 2 aromatic carbocycles. The van der Waals surface area contributed by atoms with Crippen molar-refractivity contribution in [2.75, 3.05) is 38.1 Å². The third kappa shape index (κ3) is 6.12. The van der Waals surface area contributed by atoms with E-state index in [1.54, 1.807) is 37.1 Å². The number of carboxylic acid groups (broad SMARTS) is 1. The predicted octanol–water partition coefficient (Wildman–Crippen LogP) is 5.20. The van der Waals surface area contributed by atoms with Gasteiger partial charge in [-0.3, -0.25) is 19.3 Å². The molecular weight excluding hydrogens is 562 g/mol. The predicted molar refractivity (Wildman–Crippen MR) is 158 cm³/mol. The fourth-order valence-corrected chi connectivity index (χ4v) is 6.56. The number of rotatable bonds is 6. The maximum Gasteiger partial charge on any atom is 0.317 e. The van der Waals surface area contributed by atoms with Crippen LogP contribution in [0.25, 0.3) is 16.1 Å². The maximum atomic E-state index is 15.7. The Morgan fingerprint density at radius 2 is 1.74 bits per heavy atom. The number of aromatic nitrogens is 1. The highest BCUT2D eigenvalue weighted by Gasteiger charge is 2.42. The van der Waals surface area contributed by atoms with Gasteiger partial charge in [0.25, 0.3) is 11.8 Å². The van der Waals surface area contributed by atoms with Gasteiger partial charge in [0.05, 0.1) is 17.9 Å². The molecule has 42 heavy (non-hydrogen) atoms. The molecule has 2 aliphatic heterocycles. The Hall–Kier alpha value is -3.96. The molecule has 3 aromatic rings. The second kappa shape index (κ2) is 12.1. The lowest BCUT2D eigenvalue weighted by Crippen LogP contribution is -2.46. The summed E-state index contributed by atoms with van der Waals surface area (Å²) in [6.07, 6.45) is 1.47. The zero-order chi connectivity index (χ0) is 30.0. The van der Waals surface area contributed by atoms with Gasteiger partial charge in [0.2, 0.25) is 5.91 Å². The van der Waals surface area contributed by atoms with Crippen molar-refractivity contribution >= 4 is 40.4 Å². The molecule has 3 heterocycles. The summed E-state index contributed by atoms with van der Waals surface area (Å²) in [5, 5.41) is 9.73. The second-order valence-corrected chi connectivity index (χ2v) is 11.7. The summed E-state index contributed by atoms with van der Waals surface area (Å²) in [6.45, 7) is 2.08. The quantitative estimate of drug-likeness (QED) is 0.395. The number of piperidine rings is 1. The lowest BCUT2D eigenvalue weighted by atomic mass is 9.96. The number of aryl methyl sites for hydroxylation is 1. The smallest absolute Gasteiger partial charge is 0.317 e. The zero-order valence-corrected chi connectivity index (χ0v) is 24.2. The fourth-order valence-electron chi connectivity index (χ4n) is 5.54. The highest BCUT2D eigenvalue weighted by Crippen LogP contribution is 2.44. The van der Waals surface area contributed by atoms with E-state index in [0.717, 1.165) is 11.6 Å². The largest absolute Gasteiger partial charge is 0.480 e. The molecule has 11 heteroatoms. The molecule has 2 amide bonds. The summed E-state index contributed by atoms with van der Waals surface area (Å²) in [4.78, 5) is 47.7. The van der Waals surface area contributed by atoms with Crippen LogP contribution < -0.4 is 4.90 Å². The Morgan fingerprint density at radius 3 is 2.43 bits per heavy atom. The Bertz CT molecular complexity index is 1520. The summed E-state index contributed by atoms with van der Waals surface area (Å²) in [7, 11) is 1.73. The van der Waals surface area contributed by atoms with E-state index < -0.39 is 35.7 Å². The van der Waals surface area contributed by atoms with Crippen LogP contribution in [0.2, 0.25) is 0 Å². The van der Waals surface area contributed by atoms with Crippen LogP contribution in [-0.4, -0.2) is 82.9 Å². The van der Waals surface area contributed by atoms with Gasteiger partial charge in [-0.25, -0.2) is 13.8 Å². The number of alkyl halides is 2. The SMILES string of the molecule is Cc1nc(-c2ccccc2)sc1C(=O)N1CCC(F)(F)C(=CC(=O)N2CCC(N(C)CC(=O)O)CC2)c2ccccc21. The number of anilines is 1. The molecule has 1 saturated heterocycles. The fraction of sp³-hybridized carbons (Fsp3) is 0.355. The van der Waals surface area contributed by atoms with Crippen molar-refractivity contribution in [2.24, 2.45) is 0 Å². The summed E-state index contributed by atoms with van der Waals surface area (Å²) >= 11 is 1.23. The number of carbonyl (C=O) groups excluding carboxylic acids is 2. The first-order chi connectivity index (χ1) is 20.0. The molecule has 1 fully saturated rings. The minimum absolute atomic E-state index is 0.00461. The number of hydrogen-bond acceptors (Lipinski definition) is 6. The molecule has 5 rings (SSSR count). The topological polar surface area (TPSA) is 94.1 Å². The Kier molecular flexibility index (Phi) is 8.51. The van der Waals surface area contributed by atoms with Gasteiger partial charge in [-0.2, -0.15) is 0 Å². The van der Waals surface area contributed by atoms with Crippen molar-refractivity contribution < 1.29 is 28.3 Å². The van der Waals surface area contributed by atoms with Crippen LogP contribution in [0.5, 0.6) is 0 Å². The molecule has 0 radical (unpaired) electrons. The lowest BCUT2D eigenvalue weighted by Gasteiger charge is -2.36. The lowest BCUT2D eigenvalue weighted by molar-refractivity contribution is -0.139. The number of carboxylic acids is 1. The number of thiazole rings is 1. The van der Waals surface area contributed by atoms with Crippen LogP contribution in [0.3, 0.4) is 0 Å². The van der Waals surface area contributed by atoms with E-state index >= 15 is 8.78 Å². The molecule has 0 unspecified atom stereocenters. The molecule has 1 N–H and O–H groups in total. The Balaban J connectivity index is 1.41. The third-order valence-corrected chi connectivity index (χ3v) is 9.03. The Morgan fingerprint density at radius 1 is 1.07 bits per heavy atom. The van der Waals surface area contributed by atoms with Gasteiger partial charge in [-0.15, -0.1) is 11.3 Å². The van der Waals surface area contributed by atoms with Gasteiger partial charge < -0.3 is 14.9 Å².